The van der Waals surface area contributed by atoms with Gasteiger partial charge >= 0.3 is 0 Å². The zero-order valence-electron chi connectivity index (χ0n) is 10.4. The molecule has 4 nitrogen and oxygen atoms in total. The molecule has 0 aliphatic carbocycles. The van der Waals surface area contributed by atoms with E-state index < -0.39 is 0 Å². The smallest absolute Gasteiger partial charge is 0.293 e. The molecule has 0 saturated carbocycles. The van der Waals surface area contributed by atoms with E-state index in [2.05, 4.69) is 26.2 Å². The Morgan fingerprint density at radius 1 is 1.33 bits per heavy atom. The van der Waals surface area contributed by atoms with Crippen LogP contribution >= 0.6 is 15.9 Å². The molecule has 0 bridgehead atoms. The van der Waals surface area contributed by atoms with Crippen LogP contribution in [0, 0.1) is 20.8 Å². The number of hydrogen-bond donors (Lipinski definition) is 1. The number of anilines is 1. The Balaban J connectivity index is 2.21. The molecule has 2 aromatic rings. The van der Waals surface area contributed by atoms with E-state index in [9.17, 15) is 4.79 Å². The van der Waals surface area contributed by atoms with Crippen LogP contribution < -0.4 is 5.32 Å². The number of nitrogens with one attached hydrogen (secondary N) is 1. The van der Waals surface area contributed by atoms with E-state index >= 15 is 0 Å². The maximum Gasteiger partial charge on any atom is 0.293 e. The number of hydrogen-bond acceptors (Lipinski definition) is 3. The van der Waals surface area contributed by atoms with Gasteiger partial charge in [0.2, 0.25) is 5.76 Å². The number of rotatable bonds is 2. The number of carbonyl (C=O) groups excluding carboxylic acids is 1. The van der Waals surface area contributed by atoms with Crippen molar-refractivity contribution >= 4 is 27.5 Å². The van der Waals surface area contributed by atoms with E-state index in [0.29, 0.717) is 17.3 Å². The van der Waals surface area contributed by atoms with Crippen molar-refractivity contribution in [3.05, 3.63) is 45.6 Å². The lowest BCUT2D eigenvalue weighted by Crippen LogP contribution is -2.12. The summed E-state index contributed by atoms with van der Waals surface area (Å²) in [4.78, 5) is 16.1. The lowest BCUT2D eigenvalue weighted by Gasteiger charge is -2.05. The van der Waals surface area contributed by atoms with Crippen LogP contribution in [0.15, 0.2) is 27.1 Å². The van der Waals surface area contributed by atoms with Crippen LogP contribution in [0.4, 0.5) is 5.69 Å². The molecular weight excluding hydrogens is 296 g/mol. The highest BCUT2D eigenvalue weighted by Gasteiger charge is 2.16. The summed E-state index contributed by atoms with van der Waals surface area (Å²) in [5, 5.41) is 2.78. The first-order valence-corrected chi connectivity index (χ1v) is 6.28. The third-order valence-electron chi connectivity index (χ3n) is 2.54. The van der Waals surface area contributed by atoms with Crippen LogP contribution in [-0.4, -0.2) is 10.9 Å². The number of benzene rings is 1. The Labute approximate surface area is 114 Å². The molecule has 0 fully saturated rings. The number of amides is 1. The summed E-state index contributed by atoms with van der Waals surface area (Å²) in [7, 11) is 0. The Bertz CT molecular complexity index is 605. The van der Waals surface area contributed by atoms with Gasteiger partial charge in [-0.2, -0.15) is 0 Å². The van der Waals surface area contributed by atoms with Crippen molar-refractivity contribution in [2.24, 2.45) is 0 Å². The minimum Gasteiger partial charge on any atom is -0.436 e. The van der Waals surface area contributed by atoms with E-state index in [1.54, 1.807) is 13.8 Å². The molecule has 1 amide bonds. The average Bonchev–Trinajstić information content (AvgIpc) is 2.63. The highest BCUT2D eigenvalue weighted by atomic mass is 79.9. The van der Waals surface area contributed by atoms with Gasteiger partial charge in [-0.15, -0.1) is 0 Å². The van der Waals surface area contributed by atoms with Crippen molar-refractivity contribution in [2.45, 2.75) is 20.8 Å². The second-order valence-electron chi connectivity index (χ2n) is 4.07. The molecule has 5 heteroatoms. The predicted octanol–water partition coefficient (Wildman–Crippen LogP) is 3.61. The number of aryl methyl sites for hydroxylation is 3. The summed E-state index contributed by atoms with van der Waals surface area (Å²) in [6.07, 6.45) is 0. The summed E-state index contributed by atoms with van der Waals surface area (Å²) in [5.41, 5.74) is 2.42. The van der Waals surface area contributed by atoms with E-state index in [0.717, 1.165) is 10.0 Å². The summed E-state index contributed by atoms with van der Waals surface area (Å²) in [5.74, 6) is 0.454. The quantitative estimate of drug-likeness (QED) is 0.922. The molecule has 0 radical (unpaired) electrons. The maximum absolute atomic E-state index is 12.0. The molecular formula is C13H13BrN2O2. The average molecular weight is 309 g/mol. The molecule has 2 rings (SSSR count). The molecule has 18 heavy (non-hydrogen) atoms. The van der Waals surface area contributed by atoms with Crippen molar-refractivity contribution in [1.82, 2.24) is 4.98 Å². The molecule has 94 valence electrons. The van der Waals surface area contributed by atoms with Gasteiger partial charge in [0.25, 0.3) is 5.91 Å². The van der Waals surface area contributed by atoms with Gasteiger partial charge < -0.3 is 9.73 Å². The van der Waals surface area contributed by atoms with Crippen LogP contribution in [0.25, 0.3) is 0 Å². The summed E-state index contributed by atoms with van der Waals surface area (Å²) >= 11 is 3.42. The normalized spacial score (nSPS) is 10.4. The lowest BCUT2D eigenvalue weighted by molar-refractivity contribution is 0.0994. The third-order valence-corrected chi connectivity index (χ3v) is 3.39. The van der Waals surface area contributed by atoms with Crippen LogP contribution in [0.5, 0.6) is 0 Å². The molecule has 1 N–H and O–H groups in total. The molecule has 0 spiro atoms. The Hall–Kier alpha value is -1.62. The largest absolute Gasteiger partial charge is 0.436 e. The van der Waals surface area contributed by atoms with Crippen LogP contribution in [0.1, 0.15) is 27.7 Å². The maximum atomic E-state index is 12.0. The molecule has 1 heterocycles. The van der Waals surface area contributed by atoms with E-state index in [1.807, 2.05) is 25.1 Å². The van der Waals surface area contributed by atoms with Gasteiger partial charge in [-0.25, -0.2) is 4.98 Å². The Morgan fingerprint density at radius 2 is 2.06 bits per heavy atom. The van der Waals surface area contributed by atoms with Crippen LogP contribution in [0.3, 0.4) is 0 Å². The summed E-state index contributed by atoms with van der Waals surface area (Å²) < 4.78 is 6.22. The second kappa shape index (κ2) is 4.94. The first-order chi connectivity index (χ1) is 8.47. The predicted molar refractivity (Wildman–Crippen MR) is 72.8 cm³/mol. The monoisotopic (exact) mass is 308 g/mol. The molecule has 0 aliphatic heterocycles. The van der Waals surface area contributed by atoms with Crippen LogP contribution in [0.2, 0.25) is 0 Å². The SMILES string of the molecule is Cc1nc(C)c(C(=O)Nc2ccc(C)c(Br)c2)o1. The van der Waals surface area contributed by atoms with Gasteiger partial charge in [-0.05, 0) is 31.5 Å². The van der Waals surface area contributed by atoms with Gasteiger partial charge in [0.1, 0.15) is 0 Å². The van der Waals surface area contributed by atoms with Gasteiger partial charge in [0.05, 0.1) is 5.69 Å². The van der Waals surface area contributed by atoms with Crippen molar-refractivity contribution in [3.63, 3.8) is 0 Å². The minimum atomic E-state index is -0.288. The van der Waals surface area contributed by atoms with E-state index in [1.165, 1.54) is 0 Å². The van der Waals surface area contributed by atoms with E-state index in [4.69, 9.17) is 4.42 Å². The Morgan fingerprint density at radius 3 is 2.61 bits per heavy atom. The van der Waals surface area contributed by atoms with Gasteiger partial charge in [-0.3, -0.25) is 4.79 Å². The van der Waals surface area contributed by atoms with Gasteiger partial charge in [-0.1, -0.05) is 22.0 Å². The fraction of sp³-hybridized carbons (Fsp3) is 0.231. The van der Waals surface area contributed by atoms with Gasteiger partial charge in [0, 0.05) is 17.1 Å². The fourth-order valence-electron chi connectivity index (χ4n) is 1.60. The summed E-state index contributed by atoms with van der Waals surface area (Å²) in [6.45, 7) is 5.45. The first kappa shape index (κ1) is 12.8. The first-order valence-electron chi connectivity index (χ1n) is 5.49. The highest BCUT2D eigenvalue weighted by molar-refractivity contribution is 9.10. The molecule has 0 saturated heterocycles. The number of nitrogens with zero attached hydrogens (tertiary/aromatic N) is 1. The minimum absolute atomic E-state index is 0.254. The zero-order chi connectivity index (χ0) is 13.3. The highest BCUT2D eigenvalue weighted by Crippen LogP contribution is 2.21. The van der Waals surface area contributed by atoms with Crippen molar-refractivity contribution in [2.75, 3.05) is 5.32 Å². The lowest BCUT2D eigenvalue weighted by atomic mass is 10.2. The molecule has 0 aliphatic rings. The van der Waals surface area contributed by atoms with Crippen LogP contribution in [-0.2, 0) is 0 Å². The van der Waals surface area contributed by atoms with E-state index in [-0.39, 0.29) is 11.7 Å². The van der Waals surface area contributed by atoms with Crippen molar-refractivity contribution < 1.29 is 9.21 Å². The number of halogens is 1. The van der Waals surface area contributed by atoms with Crippen molar-refractivity contribution in [3.8, 4) is 0 Å². The molecule has 1 aromatic heterocycles. The van der Waals surface area contributed by atoms with Gasteiger partial charge in [0.15, 0.2) is 5.89 Å². The molecule has 0 atom stereocenters. The zero-order valence-corrected chi connectivity index (χ0v) is 12.0. The number of aromatic nitrogens is 1. The van der Waals surface area contributed by atoms with Crippen molar-refractivity contribution in [1.29, 1.82) is 0 Å². The molecule has 1 aromatic carbocycles. The molecule has 0 unspecified atom stereocenters. The summed E-state index contributed by atoms with van der Waals surface area (Å²) in [6, 6.07) is 5.63. The Kier molecular flexibility index (Phi) is 3.52. The fourth-order valence-corrected chi connectivity index (χ4v) is 1.98. The third kappa shape index (κ3) is 2.61. The topological polar surface area (TPSA) is 55.1 Å². The second-order valence-corrected chi connectivity index (χ2v) is 4.92. The standard InChI is InChI=1S/C13H13BrN2O2/c1-7-4-5-10(6-11(7)14)16-13(17)12-8(2)15-9(3)18-12/h4-6H,1-3H3,(H,16,17). The number of carbonyl (C=O) groups is 1. The number of oxazole rings is 1.